The summed E-state index contributed by atoms with van der Waals surface area (Å²) in [6.07, 6.45) is 9.07. The maximum absolute atomic E-state index is 9.71. The number of aliphatic hydroxyl groups excluding tert-OH is 1. The van der Waals surface area contributed by atoms with Crippen LogP contribution in [0.2, 0.25) is 0 Å². The van der Waals surface area contributed by atoms with Gasteiger partial charge in [-0.25, -0.2) is 0 Å². The molecule has 1 saturated carbocycles. The Kier molecular flexibility index (Phi) is 5.67. The van der Waals surface area contributed by atoms with E-state index in [0.717, 1.165) is 12.3 Å². The molecule has 1 saturated heterocycles. The van der Waals surface area contributed by atoms with Gasteiger partial charge in [-0.2, -0.15) is 0 Å². The molecule has 0 spiro atoms. The molecule has 0 radical (unpaired) electrons. The first kappa shape index (κ1) is 15.3. The van der Waals surface area contributed by atoms with Crippen molar-refractivity contribution in [1.82, 2.24) is 10.2 Å². The molecule has 0 aromatic rings. The van der Waals surface area contributed by atoms with E-state index in [1.165, 1.54) is 58.2 Å². The van der Waals surface area contributed by atoms with Crippen LogP contribution >= 0.6 is 0 Å². The summed E-state index contributed by atoms with van der Waals surface area (Å²) in [6.45, 7) is 6.42. The fourth-order valence-corrected chi connectivity index (χ4v) is 4.14. The average Bonchev–Trinajstić information content (AvgIpc) is 2.89. The standard InChI is InChI=1S/C16H32N2O/c1-3-14-6-10-18(11-7-14)12-8-15-5-4-9-16(15,13-19)17-2/h14-15,17,19H,3-13H2,1-2H3. The maximum atomic E-state index is 9.71. The maximum Gasteiger partial charge on any atom is 0.0615 e. The summed E-state index contributed by atoms with van der Waals surface area (Å²) in [6, 6.07) is 0. The SMILES string of the molecule is CCC1CCN(CCC2CCCC2(CO)NC)CC1. The van der Waals surface area contributed by atoms with E-state index >= 15 is 0 Å². The number of nitrogens with zero attached hydrogens (tertiary/aromatic N) is 1. The van der Waals surface area contributed by atoms with Crippen LogP contribution < -0.4 is 5.32 Å². The number of likely N-dealkylation sites (tertiary alicyclic amines) is 1. The highest BCUT2D eigenvalue weighted by molar-refractivity contribution is 4.98. The number of piperidine rings is 1. The zero-order valence-electron chi connectivity index (χ0n) is 12.8. The normalized spacial score (nSPS) is 33.9. The van der Waals surface area contributed by atoms with E-state index in [2.05, 4.69) is 17.1 Å². The summed E-state index contributed by atoms with van der Waals surface area (Å²) in [5.74, 6) is 1.63. The minimum absolute atomic E-state index is 0.0156. The lowest BCUT2D eigenvalue weighted by Gasteiger charge is -2.36. The smallest absolute Gasteiger partial charge is 0.0615 e. The Labute approximate surface area is 118 Å². The molecule has 112 valence electrons. The highest BCUT2D eigenvalue weighted by atomic mass is 16.3. The molecule has 0 bridgehead atoms. The summed E-state index contributed by atoms with van der Waals surface area (Å²) in [5, 5.41) is 13.1. The van der Waals surface area contributed by atoms with Crippen LogP contribution in [0.4, 0.5) is 0 Å². The van der Waals surface area contributed by atoms with Gasteiger partial charge in [-0.3, -0.25) is 0 Å². The van der Waals surface area contributed by atoms with E-state index in [9.17, 15) is 5.11 Å². The van der Waals surface area contributed by atoms with Crippen molar-refractivity contribution >= 4 is 0 Å². The van der Waals surface area contributed by atoms with Crippen LogP contribution in [0, 0.1) is 11.8 Å². The highest BCUT2D eigenvalue weighted by Crippen LogP contribution is 2.37. The molecule has 1 heterocycles. The topological polar surface area (TPSA) is 35.5 Å². The third-order valence-electron chi connectivity index (χ3n) is 5.82. The number of nitrogens with one attached hydrogen (secondary N) is 1. The van der Waals surface area contributed by atoms with Gasteiger partial charge in [0.2, 0.25) is 0 Å². The molecule has 0 aromatic carbocycles. The monoisotopic (exact) mass is 268 g/mol. The first-order chi connectivity index (χ1) is 9.24. The number of likely N-dealkylation sites (N-methyl/N-ethyl adjacent to an activating group) is 1. The van der Waals surface area contributed by atoms with Gasteiger partial charge in [-0.1, -0.05) is 19.8 Å². The van der Waals surface area contributed by atoms with Crippen molar-refractivity contribution in [3.8, 4) is 0 Å². The second kappa shape index (κ2) is 7.05. The molecule has 19 heavy (non-hydrogen) atoms. The van der Waals surface area contributed by atoms with Gasteiger partial charge < -0.3 is 15.3 Å². The molecule has 2 fully saturated rings. The van der Waals surface area contributed by atoms with Crippen molar-refractivity contribution in [2.45, 2.75) is 57.4 Å². The van der Waals surface area contributed by atoms with Gasteiger partial charge in [0.05, 0.1) is 6.61 Å². The summed E-state index contributed by atoms with van der Waals surface area (Å²) in [4.78, 5) is 2.64. The van der Waals surface area contributed by atoms with Crippen molar-refractivity contribution in [3.63, 3.8) is 0 Å². The first-order valence-electron chi connectivity index (χ1n) is 8.26. The Hall–Kier alpha value is -0.120. The third-order valence-corrected chi connectivity index (χ3v) is 5.82. The second-order valence-electron chi connectivity index (χ2n) is 6.64. The van der Waals surface area contributed by atoms with E-state index in [1.807, 2.05) is 7.05 Å². The van der Waals surface area contributed by atoms with Gasteiger partial charge in [-0.05, 0) is 70.6 Å². The molecule has 2 rings (SSSR count). The lowest BCUT2D eigenvalue weighted by Crippen LogP contribution is -2.50. The van der Waals surface area contributed by atoms with Gasteiger partial charge >= 0.3 is 0 Å². The predicted molar refractivity (Wildman–Crippen MR) is 80.3 cm³/mol. The van der Waals surface area contributed by atoms with E-state index in [0.29, 0.717) is 12.5 Å². The lowest BCUT2D eigenvalue weighted by atomic mass is 9.85. The third kappa shape index (κ3) is 3.50. The van der Waals surface area contributed by atoms with Crippen molar-refractivity contribution in [2.24, 2.45) is 11.8 Å². The van der Waals surface area contributed by atoms with E-state index in [4.69, 9.17) is 0 Å². The zero-order chi connectivity index (χ0) is 13.7. The zero-order valence-corrected chi connectivity index (χ0v) is 12.8. The van der Waals surface area contributed by atoms with E-state index < -0.39 is 0 Å². The molecule has 0 aromatic heterocycles. The summed E-state index contributed by atoms with van der Waals surface area (Å²) in [7, 11) is 2.02. The number of aliphatic hydroxyl groups is 1. The molecule has 2 unspecified atom stereocenters. The minimum atomic E-state index is 0.0156. The highest BCUT2D eigenvalue weighted by Gasteiger charge is 2.40. The molecule has 1 aliphatic carbocycles. The van der Waals surface area contributed by atoms with Crippen LogP contribution in [0.5, 0.6) is 0 Å². The molecule has 2 atom stereocenters. The fraction of sp³-hybridized carbons (Fsp3) is 1.00. The Morgan fingerprint density at radius 1 is 1.26 bits per heavy atom. The number of rotatable bonds is 6. The van der Waals surface area contributed by atoms with Crippen LogP contribution in [-0.2, 0) is 0 Å². The van der Waals surface area contributed by atoms with Crippen molar-refractivity contribution in [1.29, 1.82) is 0 Å². The summed E-state index contributed by atoms with van der Waals surface area (Å²) in [5.41, 5.74) is 0.0156. The van der Waals surface area contributed by atoms with Gasteiger partial charge in [0.15, 0.2) is 0 Å². The van der Waals surface area contributed by atoms with Crippen LogP contribution in [0.15, 0.2) is 0 Å². The van der Waals surface area contributed by atoms with Crippen LogP contribution in [0.1, 0.15) is 51.9 Å². The molecule has 3 nitrogen and oxygen atoms in total. The molecular formula is C16H32N2O. The van der Waals surface area contributed by atoms with Crippen LogP contribution in [0.25, 0.3) is 0 Å². The largest absolute Gasteiger partial charge is 0.394 e. The molecule has 2 aliphatic rings. The van der Waals surface area contributed by atoms with Gasteiger partial charge in [-0.15, -0.1) is 0 Å². The minimum Gasteiger partial charge on any atom is -0.394 e. The Bertz CT molecular complexity index is 257. The van der Waals surface area contributed by atoms with Crippen molar-refractivity contribution < 1.29 is 5.11 Å². The second-order valence-corrected chi connectivity index (χ2v) is 6.64. The number of hydrogen-bond acceptors (Lipinski definition) is 3. The summed E-state index contributed by atoms with van der Waals surface area (Å²) >= 11 is 0. The quantitative estimate of drug-likeness (QED) is 0.775. The molecule has 2 N–H and O–H groups in total. The van der Waals surface area contributed by atoms with Crippen LogP contribution in [-0.4, -0.2) is 48.8 Å². The lowest BCUT2D eigenvalue weighted by molar-refractivity contribution is 0.110. The van der Waals surface area contributed by atoms with Crippen LogP contribution in [0.3, 0.4) is 0 Å². The average molecular weight is 268 g/mol. The molecule has 1 aliphatic heterocycles. The van der Waals surface area contributed by atoms with Crippen molar-refractivity contribution in [3.05, 3.63) is 0 Å². The first-order valence-corrected chi connectivity index (χ1v) is 8.26. The molecule has 3 heteroatoms. The Balaban J connectivity index is 1.76. The van der Waals surface area contributed by atoms with E-state index in [1.54, 1.807) is 0 Å². The molecule has 0 amide bonds. The van der Waals surface area contributed by atoms with Gasteiger partial charge in [0.25, 0.3) is 0 Å². The fourth-order valence-electron chi connectivity index (χ4n) is 4.14. The van der Waals surface area contributed by atoms with E-state index in [-0.39, 0.29) is 5.54 Å². The van der Waals surface area contributed by atoms with Gasteiger partial charge in [0.1, 0.15) is 0 Å². The van der Waals surface area contributed by atoms with Gasteiger partial charge in [0, 0.05) is 5.54 Å². The Morgan fingerprint density at radius 2 is 2.00 bits per heavy atom. The summed E-state index contributed by atoms with van der Waals surface area (Å²) < 4.78 is 0. The Morgan fingerprint density at radius 3 is 2.58 bits per heavy atom. The van der Waals surface area contributed by atoms with Crippen molar-refractivity contribution in [2.75, 3.05) is 33.3 Å². The number of hydrogen-bond donors (Lipinski definition) is 2. The molecular weight excluding hydrogens is 236 g/mol. The predicted octanol–water partition coefficient (Wildman–Crippen LogP) is 2.25.